The molecule has 4 aliphatic rings. The summed E-state index contributed by atoms with van der Waals surface area (Å²) in [6.07, 6.45) is 29.4. The Bertz CT molecular complexity index is 3310. The highest BCUT2D eigenvalue weighted by atomic mass is 16.8. The van der Waals surface area contributed by atoms with Crippen LogP contribution in [0.5, 0.6) is 0 Å². The molecule has 133 heavy (non-hydrogen) atoms. The van der Waals surface area contributed by atoms with Gasteiger partial charge in [0.25, 0.3) is 0 Å². The number of aliphatic hydroxyl groups excluding tert-OH is 4. The van der Waals surface area contributed by atoms with Crippen molar-refractivity contribution in [3.8, 4) is 49.4 Å². The molecule has 3 unspecified atom stereocenters. The van der Waals surface area contributed by atoms with Crippen molar-refractivity contribution in [1.29, 1.82) is 0 Å². The molecule has 4 N–H and O–H groups in total. The van der Waals surface area contributed by atoms with Crippen LogP contribution in [0.1, 0.15) is 405 Å². The largest absolute Gasteiger partial charge is 0.458 e. The summed E-state index contributed by atoms with van der Waals surface area (Å²) in [5.41, 5.74) is 0. The maximum Gasteiger partial charge on any atom is 0.308 e. The lowest BCUT2D eigenvalue weighted by Gasteiger charge is -2.42. The van der Waals surface area contributed by atoms with Crippen LogP contribution in [0.25, 0.3) is 0 Å². The average Bonchev–Trinajstić information content (AvgIpc) is 1.58. The van der Waals surface area contributed by atoms with Gasteiger partial charge in [-0.3, -0.25) is 57.5 Å². The Balaban J connectivity index is 0.00000183. The Hall–Kier alpha value is -8.40. The topological polar surface area (TPSA) is 424 Å². The third-order valence-corrected chi connectivity index (χ3v) is 22.2. The molecule has 0 bridgehead atoms. The van der Waals surface area contributed by atoms with E-state index < -0.39 is 194 Å². The fraction of sp³-hybridized carbons (Fsp3) is 0.804. The molecule has 0 aromatic carbocycles. The van der Waals surface area contributed by atoms with Gasteiger partial charge in [0.1, 0.15) is 36.6 Å². The van der Waals surface area contributed by atoms with Gasteiger partial charge in [0.2, 0.25) is 24.8 Å². The first kappa shape index (κ1) is 125. The summed E-state index contributed by atoms with van der Waals surface area (Å²) in [6, 6.07) is 0. The molecule has 4 rings (SSSR count). The van der Waals surface area contributed by atoms with Gasteiger partial charge in [-0.1, -0.05) is 268 Å². The number of terminal acetylenes is 4. The maximum atomic E-state index is 12.9. The van der Waals surface area contributed by atoms with Crippen LogP contribution in [0.15, 0.2) is 0 Å². The molecule has 1 saturated carbocycles. The van der Waals surface area contributed by atoms with Crippen molar-refractivity contribution in [2.75, 3.05) is 0 Å². The van der Waals surface area contributed by atoms with Crippen LogP contribution in [0.3, 0.4) is 0 Å². The Morgan fingerprint density at radius 1 is 0.263 bits per heavy atom. The molecule has 20 atom stereocenters. The van der Waals surface area contributed by atoms with Gasteiger partial charge in [-0.15, -0.1) is 25.7 Å². The van der Waals surface area contributed by atoms with Crippen molar-refractivity contribution in [3.05, 3.63) is 0 Å². The molecule has 1 aliphatic carbocycles. The lowest BCUT2D eigenvalue weighted by Crippen LogP contribution is -2.62. The molecule has 760 valence electrons. The second kappa shape index (κ2) is 76.7. The van der Waals surface area contributed by atoms with Crippen LogP contribution in [0, 0.1) is 55.3 Å². The van der Waals surface area contributed by atoms with Gasteiger partial charge in [0, 0.05) is 77.0 Å². The monoisotopic (exact) mass is 1890 g/mol. The van der Waals surface area contributed by atoms with Gasteiger partial charge in [-0.2, -0.15) is 0 Å². The third kappa shape index (κ3) is 51.9. The van der Waals surface area contributed by atoms with E-state index in [0.717, 1.165) is 154 Å². The van der Waals surface area contributed by atoms with E-state index >= 15 is 0 Å². The normalized spacial score (nSPS) is 23.9. The summed E-state index contributed by atoms with van der Waals surface area (Å²) < 4.78 is 85.2. The summed E-state index contributed by atoms with van der Waals surface area (Å²) in [4.78, 5) is 153. The first-order valence-corrected chi connectivity index (χ1v) is 49.4. The standard InChI is InChI=1S/C32H52O8.2C31H50O9.C7H10O5.CH4/c1-6-11-15-19-27(33)37-25(10-5)24-23-26(38-28(34)20-16-12-7-2)32(40-30(36)22-18-14-9-4)31(24)39-29(35)21-17-13-8-3;2*1-6-11-15-19-24(32)37-28-23(10-5)36-31(40-27(35)22-18-14-9-4)30(39-26(34)21-17-13-8-3)29(28)38-25(33)20-16-12-7-2;1-2-3-4(8)5(9)6(10)7(11)12-3;/h5,24-26,31-32H,6-9,11-23H2,1-4H3;2*5,23,28-31H,6-9,11-22H2,1-4H3;1,3-11H;1H4/t24-,25?,26?,31-,32-;23-,28+,29+,30-,31+;23-,28+,29+,30-,31-;3-,4+,5+,6-,7?;/m1000./s1. The first-order chi connectivity index (χ1) is 63.5. The van der Waals surface area contributed by atoms with Crippen LogP contribution in [0.2, 0.25) is 0 Å². The predicted octanol–water partition coefficient (Wildman–Crippen LogP) is 16.6. The van der Waals surface area contributed by atoms with Crippen LogP contribution in [0.4, 0.5) is 0 Å². The van der Waals surface area contributed by atoms with E-state index in [9.17, 15) is 57.5 Å². The quantitative estimate of drug-likeness (QED) is 0.0190. The molecule has 0 spiro atoms. The number of rotatable bonds is 61. The summed E-state index contributed by atoms with van der Waals surface area (Å²) in [6.45, 7) is 24.3. The summed E-state index contributed by atoms with van der Waals surface area (Å²) in [7, 11) is 0. The molecule has 31 heteroatoms. The fourth-order valence-electron chi connectivity index (χ4n) is 14.5. The number of esters is 12. The number of aliphatic hydroxyl groups is 4. The third-order valence-electron chi connectivity index (χ3n) is 22.2. The smallest absolute Gasteiger partial charge is 0.308 e. The summed E-state index contributed by atoms with van der Waals surface area (Å²) >= 11 is 0. The highest BCUT2D eigenvalue weighted by Crippen LogP contribution is 2.39. The molecule has 31 nitrogen and oxygen atoms in total. The highest BCUT2D eigenvalue weighted by molar-refractivity contribution is 5.75. The van der Waals surface area contributed by atoms with Gasteiger partial charge in [-0.25, -0.2) is 0 Å². The Morgan fingerprint density at radius 2 is 0.489 bits per heavy atom. The van der Waals surface area contributed by atoms with Crippen molar-refractivity contribution in [1.82, 2.24) is 0 Å². The zero-order chi connectivity index (χ0) is 98.6. The molecule has 0 aromatic heterocycles. The zero-order valence-corrected chi connectivity index (χ0v) is 81.3. The van der Waals surface area contributed by atoms with Crippen molar-refractivity contribution in [2.45, 2.75) is 522 Å². The van der Waals surface area contributed by atoms with Gasteiger partial charge in [-0.05, 0) is 83.5 Å². The van der Waals surface area contributed by atoms with E-state index in [-0.39, 0.29) is 90.9 Å². The minimum Gasteiger partial charge on any atom is -0.458 e. The molecule has 4 fully saturated rings. The molecule has 3 saturated heterocycles. The first-order valence-electron chi connectivity index (χ1n) is 49.4. The number of hydrogen-bond donors (Lipinski definition) is 4. The Kier molecular flexibility index (Phi) is 71.9. The average molecular weight is 1890 g/mol. The van der Waals surface area contributed by atoms with Crippen molar-refractivity contribution >= 4 is 71.6 Å². The van der Waals surface area contributed by atoms with E-state index in [1.807, 2.05) is 89.0 Å². The van der Waals surface area contributed by atoms with Crippen LogP contribution in [-0.2, 0) is 129 Å². The van der Waals surface area contributed by atoms with Crippen LogP contribution in [-0.4, -0.2) is 209 Å². The van der Waals surface area contributed by atoms with E-state index in [1.165, 1.54) is 0 Å². The van der Waals surface area contributed by atoms with E-state index in [1.54, 1.807) is 0 Å². The van der Waals surface area contributed by atoms with Crippen LogP contribution < -0.4 is 0 Å². The van der Waals surface area contributed by atoms with Crippen molar-refractivity contribution in [2.24, 2.45) is 5.92 Å². The number of carbonyl (C=O) groups is 12. The minimum atomic E-state index is -1.55. The maximum absolute atomic E-state index is 12.9. The fourth-order valence-corrected chi connectivity index (χ4v) is 14.5. The molecule has 0 radical (unpaired) electrons. The van der Waals surface area contributed by atoms with Gasteiger partial charge in [0.05, 0.1) is 5.92 Å². The van der Waals surface area contributed by atoms with Gasteiger partial charge in [0.15, 0.2) is 55.1 Å². The second-order valence-corrected chi connectivity index (χ2v) is 33.9. The number of unbranched alkanes of at least 4 members (excludes halogenated alkanes) is 24. The number of carbonyl (C=O) groups excluding carboxylic acids is 12. The molecule has 3 aliphatic heterocycles. The zero-order valence-electron chi connectivity index (χ0n) is 81.3. The van der Waals surface area contributed by atoms with E-state index in [4.69, 9.17) is 112 Å². The van der Waals surface area contributed by atoms with Crippen molar-refractivity contribution < 1.29 is 149 Å². The Labute approximate surface area is 793 Å². The number of ether oxygens (including phenoxy) is 15. The molecular weight excluding hydrogens is 1720 g/mol. The summed E-state index contributed by atoms with van der Waals surface area (Å²) in [5, 5.41) is 36.1. The lowest BCUT2D eigenvalue weighted by molar-refractivity contribution is -0.288. The van der Waals surface area contributed by atoms with E-state index in [2.05, 4.69) is 22.5 Å². The Morgan fingerprint density at radius 3 is 0.744 bits per heavy atom. The minimum absolute atomic E-state index is 0. The molecule has 0 amide bonds. The molecule has 3 heterocycles. The lowest BCUT2D eigenvalue weighted by atomic mass is 9.97. The van der Waals surface area contributed by atoms with Gasteiger partial charge >= 0.3 is 71.6 Å². The predicted molar refractivity (Wildman–Crippen MR) is 497 cm³/mol. The van der Waals surface area contributed by atoms with Crippen LogP contribution >= 0.6 is 0 Å². The highest BCUT2D eigenvalue weighted by Gasteiger charge is 2.57. The molecular formula is C102H166O31. The number of hydrogen-bond acceptors (Lipinski definition) is 31. The summed E-state index contributed by atoms with van der Waals surface area (Å²) in [5.74, 6) is 2.61. The SMILES string of the molecule is C.C#CC(OC(=O)CCCCC)[C@H]1CC(OC(=O)CCCCC)[C@@H](OC(=O)CCCCC)[C@@H]1OC(=O)CCCCC.C#C[C@@H]1OC(O)[C@@H](O)[C@H](O)[C@@H]1O.C#C[C@@H]1O[C@@H](OC(=O)CCCCC)[C@@H](OC(=O)CCCCC)[C@H](OC(=O)CCCCC)[C@@H]1OC(=O)CCCCC.C#C[C@@H]1O[C@H](OC(=O)CCCCC)[C@@H](OC(=O)CCCCC)[C@H](OC(=O)CCCCC)[C@@H]1OC(=O)CCCCC. The molecule has 0 aromatic rings. The van der Waals surface area contributed by atoms with Gasteiger partial charge < -0.3 is 91.5 Å². The second-order valence-electron chi connectivity index (χ2n) is 33.9. The van der Waals surface area contributed by atoms with E-state index in [0.29, 0.717) is 77.0 Å². The van der Waals surface area contributed by atoms with Crippen molar-refractivity contribution in [3.63, 3.8) is 0 Å².